The van der Waals surface area contributed by atoms with Gasteiger partial charge in [0.05, 0.1) is 0 Å². The van der Waals surface area contributed by atoms with E-state index in [2.05, 4.69) is 10.6 Å². The van der Waals surface area contributed by atoms with Gasteiger partial charge >= 0.3 is 6.03 Å². The number of carbonyl (C=O) groups is 3. The molecule has 7 heteroatoms. The number of benzene rings is 1. The normalized spacial score (nSPS) is 20.2. The summed E-state index contributed by atoms with van der Waals surface area (Å²) >= 11 is 0. The molecule has 0 spiro atoms. The van der Waals surface area contributed by atoms with Crippen LogP contribution in [0.2, 0.25) is 0 Å². The maximum Gasteiger partial charge on any atom is 0.325 e. The molecule has 2 heterocycles. The quantitative estimate of drug-likeness (QED) is 0.840. The maximum absolute atomic E-state index is 12.6. The molecule has 1 aromatic heterocycles. The van der Waals surface area contributed by atoms with Crippen molar-refractivity contribution in [1.82, 2.24) is 10.2 Å². The highest BCUT2D eigenvalue weighted by Gasteiger charge is 2.51. The number of rotatable bonds is 4. The number of para-hydroxylation sites is 1. The molecule has 2 aromatic rings. The minimum absolute atomic E-state index is 0.337. The van der Waals surface area contributed by atoms with Gasteiger partial charge in [-0.1, -0.05) is 18.2 Å². The SMILES string of the molecule is Cc1ccc(C2(C)NC(=O)N(CC(=O)Nc3ccccc3)C2=O)o1. The van der Waals surface area contributed by atoms with E-state index >= 15 is 0 Å². The van der Waals surface area contributed by atoms with Crippen LogP contribution in [-0.4, -0.2) is 29.3 Å². The van der Waals surface area contributed by atoms with Gasteiger partial charge in [0.1, 0.15) is 18.1 Å². The summed E-state index contributed by atoms with van der Waals surface area (Å²) in [6.45, 7) is 2.94. The maximum atomic E-state index is 12.6. The number of imide groups is 1. The molecule has 1 aliphatic rings. The zero-order valence-corrected chi connectivity index (χ0v) is 13.3. The molecule has 1 unspecified atom stereocenters. The summed E-state index contributed by atoms with van der Waals surface area (Å²) in [6.07, 6.45) is 0. The van der Waals surface area contributed by atoms with Crippen molar-refractivity contribution in [3.63, 3.8) is 0 Å². The van der Waals surface area contributed by atoms with Crippen molar-refractivity contribution in [2.75, 3.05) is 11.9 Å². The summed E-state index contributed by atoms with van der Waals surface area (Å²) in [7, 11) is 0. The molecule has 4 amide bonds. The van der Waals surface area contributed by atoms with E-state index in [1.165, 1.54) is 0 Å². The number of furan rings is 1. The molecule has 1 aliphatic heterocycles. The minimum atomic E-state index is -1.31. The Hall–Kier alpha value is -3.09. The summed E-state index contributed by atoms with van der Waals surface area (Å²) < 4.78 is 5.48. The zero-order valence-electron chi connectivity index (χ0n) is 13.3. The van der Waals surface area contributed by atoms with Gasteiger partial charge in [-0.3, -0.25) is 14.5 Å². The molecule has 0 bridgehead atoms. The van der Waals surface area contributed by atoms with E-state index in [-0.39, 0.29) is 6.54 Å². The van der Waals surface area contributed by atoms with Crippen molar-refractivity contribution < 1.29 is 18.8 Å². The first-order chi connectivity index (χ1) is 11.4. The van der Waals surface area contributed by atoms with Crippen LogP contribution in [-0.2, 0) is 15.1 Å². The smallest absolute Gasteiger partial charge is 0.325 e. The standard InChI is InChI=1S/C17H17N3O4/c1-11-8-9-13(24-11)17(2)15(22)20(16(23)19-17)10-14(21)18-12-6-4-3-5-7-12/h3-9H,10H2,1-2H3,(H,18,21)(H,19,23). The fourth-order valence-electron chi connectivity index (χ4n) is 2.58. The van der Waals surface area contributed by atoms with Crippen molar-refractivity contribution in [2.24, 2.45) is 0 Å². The number of nitrogens with zero attached hydrogens (tertiary/aromatic N) is 1. The molecule has 3 rings (SSSR count). The van der Waals surface area contributed by atoms with E-state index in [0.717, 1.165) is 4.90 Å². The molecular formula is C17H17N3O4. The van der Waals surface area contributed by atoms with E-state index in [1.54, 1.807) is 50.2 Å². The fraction of sp³-hybridized carbons (Fsp3) is 0.235. The first kappa shape index (κ1) is 15.8. The van der Waals surface area contributed by atoms with Crippen LogP contribution < -0.4 is 10.6 Å². The Labute approximate surface area is 138 Å². The van der Waals surface area contributed by atoms with Crippen LogP contribution in [0.5, 0.6) is 0 Å². The average Bonchev–Trinajstić information content (AvgIpc) is 3.07. The monoisotopic (exact) mass is 327 g/mol. The number of hydrogen-bond donors (Lipinski definition) is 2. The zero-order chi connectivity index (χ0) is 17.3. The summed E-state index contributed by atoms with van der Waals surface area (Å²) in [5, 5.41) is 5.24. The van der Waals surface area contributed by atoms with E-state index in [1.807, 2.05) is 6.07 Å². The van der Waals surface area contributed by atoms with Crippen LogP contribution in [0.25, 0.3) is 0 Å². The van der Waals surface area contributed by atoms with Crippen LogP contribution in [0, 0.1) is 6.92 Å². The highest BCUT2D eigenvalue weighted by Crippen LogP contribution is 2.30. The average molecular weight is 327 g/mol. The fourth-order valence-corrected chi connectivity index (χ4v) is 2.58. The van der Waals surface area contributed by atoms with Gasteiger partial charge in [-0.05, 0) is 38.1 Å². The molecular weight excluding hydrogens is 310 g/mol. The van der Waals surface area contributed by atoms with Gasteiger partial charge < -0.3 is 15.1 Å². The number of amides is 4. The Bertz CT molecular complexity index is 799. The van der Waals surface area contributed by atoms with Crippen molar-refractivity contribution >= 4 is 23.5 Å². The number of urea groups is 1. The number of aryl methyl sites for hydroxylation is 1. The molecule has 1 atom stereocenters. The highest BCUT2D eigenvalue weighted by molar-refractivity contribution is 6.10. The van der Waals surface area contributed by atoms with E-state index < -0.39 is 23.4 Å². The molecule has 0 saturated carbocycles. The lowest BCUT2D eigenvalue weighted by molar-refractivity contribution is -0.134. The predicted molar refractivity (Wildman–Crippen MR) is 86.1 cm³/mol. The third-order valence-electron chi connectivity index (χ3n) is 3.87. The molecule has 2 N–H and O–H groups in total. The molecule has 1 fully saturated rings. The number of hydrogen-bond acceptors (Lipinski definition) is 4. The first-order valence-corrected chi connectivity index (χ1v) is 7.46. The molecule has 1 saturated heterocycles. The number of carbonyl (C=O) groups excluding carboxylic acids is 3. The Morgan fingerprint density at radius 3 is 2.54 bits per heavy atom. The summed E-state index contributed by atoms with van der Waals surface area (Å²) in [6, 6.07) is 11.5. The van der Waals surface area contributed by atoms with Crippen molar-refractivity contribution in [3.05, 3.63) is 54.0 Å². The van der Waals surface area contributed by atoms with Gasteiger partial charge in [-0.15, -0.1) is 0 Å². The van der Waals surface area contributed by atoms with Gasteiger partial charge in [0.15, 0.2) is 5.54 Å². The third kappa shape index (κ3) is 2.76. The molecule has 7 nitrogen and oxygen atoms in total. The van der Waals surface area contributed by atoms with Crippen molar-refractivity contribution in [3.8, 4) is 0 Å². The van der Waals surface area contributed by atoms with Gasteiger partial charge in [0.25, 0.3) is 5.91 Å². The second-order valence-corrected chi connectivity index (χ2v) is 5.77. The van der Waals surface area contributed by atoms with Crippen LogP contribution in [0.3, 0.4) is 0 Å². The molecule has 124 valence electrons. The lowest BCUT2D eigenvalue weighted by Crippen LogP contribution is -2.41. The van der Waals surface area contributed by atoms with E-state index in [9.17, 15) is 14.4 Å². The van der Waals surface area contributed by atoms with Crippen molar-refractivity contribution in [1.29, 1.82) is 0 Å². The topological polar surface area (TPSA) is 91.7 Å². The van der Waals surface area contributed by atoms with E-state index in [0.29, 0.717) is 17.2 Å². The van der Waals surface area contributed by atoms with Gasteiger partial charge in [-0.2, -0.15) is 0 Å². The predicted octanol–water partition coefficient (Wildman–Crippen LogP) is 1.99. The Kier molecular flexibility index (Phi) is 3.84. The summed E-state index contributed by atoms with van der Waals surface area (Å²) in [5.41, 5.74) is -0.711. The molecule has 0 aliphatic carbocycles. The molecule has 0 radical (unpaired) electrons. The Balaban J connectivity index is 1.74. The lowest BCUT2D eigenvalue weighted by atomic mass is 9.99. The van der Waals surface area contributed by atoms with Crippen LogP contribution in [0.4, 0.5) is 10.5 Å². The van der Waals surface area contributed by atoms with Crippen LogP contribution in [0.15, 0.2) is 46.9 Å². The lowest BCUT2D eigenvalue weighted by Gasteiger charge is -2.19. The Morgan fingerprint density at radius 2 is 1.92 bits per heavy atom. The number of nitrogens with one attached hydrogen (secondary N) is 2. The minimum Gasteiger partial charge on any atom is -0.463 e. The van der Waals surface area contributed by atoms with E-state index in [4.69, 9.17) is 4.42 Å². The van der Waals surface area contributed by atoms with Crippen LogP contribution >= 0.6 is 0 Å². The third-order valence-corrected chi connectivity index (χ3v) is 3.87. The molecule has 24 heavy (non-hydrogen) atoms. The second-order valence-electron chi connectivity index (χ2n) is 5.77. The van der Waals surface area contributed by atoms with Gasteiger partial charge in [0.2, 0.25) is 5.91 Å². The summed E-state index contributed by atoms with van der Waals surface area (Å²) in [5.74, 6) is -0.00695. The number of anilines is 1. The first-order valence-electron chi connectivity index (χ1n) is 7.46. The highest BCUT2D eigenvalue weighted by atomic mass is 16.3. The van der Waals surface area contributed by atoms with Crippen LogP contribution in [0.1, 0.15) is 18.4 Å². The van der Waals surface area contributed by atoms with Gasteiger partial charge in [-0.25, -0.2) is 4.79 Å². The largest absolute Gasteiger partial charge is 0.463 e. The summed E-state index contributed by atoms with van der Waals surface area (Å²) in [4.78, 5) is 37.8. The Morgan fingerprint density at radius 1 is 1.21 bits per heavy atom. The van der Waals surface area contributed by atoms with Crippen molar-refractivity contribution in [2.45, 2.75) is 19.4 Å². The van der Waals surface area contributed by atoms with Gasteiger partial charge in [0, 0.05) is 5.69 Å². The second kappa shape index (κ2) is 5.84. The molecule has 1 aromatic carbocycles.